The third-order valence-electron chi connectivity index (χ3n) is 4.69. The number of benzene rings is 3. The maximum Gasteiger partial charge on any atom is 0.165 e. The normalized spacial score (nSPS) is 10.7. The Labute approximate surface area is 157 Å². The van der Waals surface area contributed by atoms with Crippen LogP contribution in [0.3, 0.4) is 0 Å². The van der Waals surface area contributed by atoms with E-state index in [4.69, 9.17) is 15.2 Å². The highest BCUT2D eigenvalue weighted by molar-refractivity contribution is 5.79. The van der Waals surface area contributed by atoms with Crippen molar-refractivity contribution in [1.82, 2.24) is 0 Å². The minimum Gasteiger partial charge on any atom is -0.496 e. The Hall–Kier alpha value is -2.92. The summed E-state index contributed by atoms with van der Waals surface area (Å²) in [5, 5.41) is 0. The van der Waals surface area contributed by atoms with Crippen LogP contribution in [0, 0.1) is 18.6 Å². The molecule has 0 radical (unpaired) electrons. The van der Waals surface area contributed by atoms with Crippen molar-refractivity contribution >= 4 is 0 Å². The van der Waals surface area contributed by atoms with Crippen LogP contribution in [0.4, 0.5) is 8.78 Å². The molecule has 0 spiro atoms. The fourth-order valence-corrected chi connectivity index (χ4v) is 3.24. The summed E-state index contributed by atoms with van der Waals surface area (Å²) < 4.78 is 38.8. The monoisotopic (exact) mass is 369 g/mol. The van der Waals surface area contributed by atoms with Crippen LogP contribution >= 0.6 is 0 Å². The lowest BCUT2D eigenvalue weighted by atomic mass is 9.92. The number of ether oxygens (including phenoxy) is 2. The van der Waals surface area contributed by atoms with Crippen molar-refractivity contribution in [1.29, 1.82) is 0 Å². The first-order valence-electron chi connectivity index (χ1n) is 8.50. The third kappa shape index (κ3) is 3.51. The summed E-state index contributed by atoms with van der Waals surface area (Å²) in [5.74, 6) is -0.239. The first-order chi connectivity index (χ1) is 13.0. The molecule has 5 heteroatoms. The second-order valence-corrected chi connectivity index (χ2v) is 6.17. The first kappa shape index (κ1) is 18.9. The lowest BCUT2D eigenvalue weighted by Crippen LogP contribution is -2.03. The summed E-state index contributed by atoms with van der Waals surface area (Å²) >= 11 is 0. The number of methoxy groups -OCH3 is 2. The molecule has 0 aromatic heterocycles. The predicted octanol–water partition coefficient (Wildman–Crippen LogP) is 5.08. The van der Waals surface area contributed by atoms with E-state index in [1.165, 1.54) is 26.4 Å². The van der Waals surface area contributed by atoms with Gasteiger partial charge in [-0.15, -0.1) is 0 Å². The minimum absolute atomic E-state index is 0.0550. The summed E-state index contributed by atoms with van der Waals surface area (Å²) in [7, 11) is 2.91. The van der Waals surface area contributed by atoms with E-state index in [0.717, 1.165) is 22.3 Å². The molecule has 3 rings (SSSR count). The molecule has 0 fully saturated rings. The van der Waals surface area contributed by atoms with Gasteiger partial charge >= 0.3 is 0 Å². The molecule has 3 aromatic rings. The summed E-state index contributed by atoms with van der Waals surface area (Å²) in [6, 6.07) is 13.7. The molecule has 0 heterocycles. The summed E-state index contributed by atoms with van der Waals surface area (Å²) in [5.41, 5.74) is 9.96. The van der Waals surface area contributed by atoms with E-state index in [1.807, 2.05) is 25.1 Å². The number of hydrogen-bond acceptors (Lipinski definition) is 3. The van der Waals surface area contributed by atoms with E-state index in [0.29, 0.717) is 16.9 Å². The Kier molecular flexibility index (Phi) is 5.42. The van der Waals surface area contributed by atoms with Crippen molar-refractivity contribution in [2.24, 2.45) is 5.73 Å². The van der Waals surface area contributed by atoms with Crippen LogP contribution in [0.15, 0.2) is 48.5 Å². The maximum atomic E-state index is 14.5. The van der Waals surface area contributed by atoms with E-state index in [2.05, 4.69) is 0 Å². The van der Waals surface area contributed by atoms with Crippen LogP contribution in [0.5, 0.6) is 11.5 Å². The molecule has 0 unspecified atom stereocenters. The fourth-order valence-electron chi connectivity index (χ4n) is 3.24. The quantitative estimate of drug-likeness (QED) is 0.682. The molecule has 140 valence electrons. The Morgan fingerprint density at radius 3 is 2.04 bits per heavy atom. The SMILES string of the molecule is COc1ccc(-c2cccc(-c3cc(F)c(CN)c(OC)c3)c2C)cc1F. The Morgan fingerprint density at radius 1 is 0.815 bits per heavy atom. The maximum absolute atomic E-state index is 14.5. The van der Waals surface area contributed by atoms with Gasteiger partial charge < -0.3 is 15.2 Å². The van der Waals surface area contributed by atoms with Crippen LogP contribution in [0.2, 0.25) is 0 Å². The Balaban J connectivity index is 2.14. The van der Waals surface area contributed by atoms with Crippen LogP contribution in [0.1, 0.15) is 11.1 Å². The van der Waals surface area contributed by atoms with Gasteiger partial charge in [-0.3, -0.25) is 0 Å². The third-order valence-corrected chi connectivity index (χ3v) is 4.69. The van der Waals surface area contributed by atoms with Crippen molar-refractivity contribution in [3.05, 3.63) is 71.3 Å². The lowest BCUT2D eigenvalue weighted by Gasteiger charge is -2.15. The van der Waals surface area contributed by atoms with E-state index in [-0.39, 0.29) is 12.3 Å². The number of halogens is 2. The molecule has 0 atom stereocenters. The van der Waals surface area contributed by atoms with Gasteiger partial charge in [0, 0.05) is 12.1 Å². The topological polar surface area (TPSA) is 44.5 Å². The van der Waals surface area contributed by atoms with Gasteiger partial charge in [0.1, 0.15) is 11.6 Å². The van der Waals surface area contributed by atoms with Gasteiger partial charge in [-0.05, 0) is 59.0 Å². The van der Waals surface area contributed by atoms with Crippen molar-refractivity contribution in [2.45, 2.75) is 13.5 Å². The van der Waals surface area contributed by atoms with Crippen molar-refractivity contribution in [3.8, 4) is 33.8 Å². The van der Waals surface area contributed by atoms with Gasteiger partial charge in [-0.1, -0.05) is 24.3 Å². The van der Waals surface area contributed by atoms with Crippen LogP contribution in [0.25, 0.3) is 22.3 Å². The second kappa shape index (κ2) is 7.76. The highest BCUT2D eigenvalue weighted by Gasteiger charge is 2.15. The van der Waals surface area contributed by atoms with Crippen LogP contribution in [-0.4, -0.2) is 14.2 Å². The van der Waals surface area contributed by atoms with Crippen molar-refractivity contribution in [3.63, 3.8) is 0 Å². The zero-order valence-electron chi connectivity index (χ0n) is 15.5. The Morgan fingerprint density at radius 2 is 1.44 bits per heavy atom. The predicted molar refractivity (Wildman–Crippen MR) is 103 cm³/mol. The van der Waals surface area contributed by atoms with Crippen LogP contribution in [-0.2, 0) is 6.54 Å². The van der Waals surface area contributed by atoms with E-state index < -0.39 is 11.6 Å². The second-order valence-electron chi connectivity index (χ2n) is 6.17. The molecule has 3 aromatic carbocycles. The van der Waals surface area contributed by atoms with Gasteiger partial charge in [-0.25, -0.2) is 8.78 Å². The highest BCUT2D eigenvalue weighted by atomic mass is 19.1. The average molecular weight is 369 g/mol. The zero-order valence-corrected chi connectivity index (χ0v) is 15.5. The highest BCUT2D eigenvalue weighted by Crippen LogP contribution is 2.36. The van der Waals surface area contributed by atoms with Crippen molar-refractivity contribution in [2.75, 3.05) is 14.2 Å². The number of hydrogen-bond donors (Lipinski definition) is 1. The molecular formula is C22H21F2NO2. The minimum atomic E-state index is -0.431. The number of nitrogens with two attached hydrogens (primary N) is 1. The molecular weight excluding hydrogens is 348 g/mol. The lowest BCUT2D eigenvalue weighted by molar-refractivity contribution is 0.386. The average Bonchev–Trinajstić information content (AvgIpc) is 2.67. The molecule has 0 saturated carbocycles. The van der Waals surface area contributed by atoms with Gasteiger partial charge in [0.2, 0.25) is 0 Å². The van der Waals surface area contributed by atoms with Gasteiger partial charge in [0.15, 0.2) is 11.6 Å². The van der Waals surface area contributed by atoms with E-state index in [9.17, 15) is 8.78 Å². The first-order valence-corrected chi connectivity index (χ1v) is 8.50. The molecule has 0 aliphatic rings. The van der Waals surface area contributed by atoms with Crippen LogP contribution < -0.4 is 15.2 Å². The molecule has 0 aliphatic heterocycles. The molecule has 27 heavy (non-hydrogen) atoms. The fraction of sp³-hybridized carbons (Fsp3) is 0.182. The summed E-state index contributed by atoms with van der Waals surface area (Å²) in [6.45, 7) is 1.98. The molecule has 3 nitrogen and oxygen atoms in total. The van der Waals surface area contributed by atoms with Gasteiger partial charge in [-0.2, -0.15) is 0 Å². The molecule has 0 amide bonds. The smallest absolute Gasteiger partial charge is 0.165 e. The van der Waals surface area contributed by atoms with E-state index >= 15 is 0 Å². The largest absolute Gasteiger partial charge is 0.496 e. The standard InChI is InChI=1S/C22H21F2NO2/c1-13-16(14-7-8-21(26-2)20(24)9-14)5-4-6-17(13)15-10-19(23)18(12-25)22(11-15)27-3/h4-11H,12,25H2,1-3H3. The zero-order chi connectivity index (χ0) is 19.6. The number of rotatable bonds is 5. The van der Waals surface area contributed by atoms with Gasteiger partial charge in [0.25, 0.3) is 0 Å². The molecule has 2 N–H and O–H groups in total. The van der Waals surface area contributed by atoms with Gasteiger partial charge in [0.05, 0.1) is 14.2 Å². The summed E-state index contributed by atoms with van der Waals surface area (Å²) in [4.78, 5) is 0. The molecule has 0 bridgehead atoms. The van der Waals surface area contributed by atoms with Crippen molar-refractivity contribution < 1.29 is 18.3 Å². The van der Waals surface area contributed by atoms with E-state index in [1.54, 1.807) is 18.2 Å². The molecule has 0 saturated heterocycles. The Bertz CT molecular complexity index is 986. The summed E-state index contributed by atoms with van der Waals surface area (Å²) in [6.07, 6.45) is 0. The molecule has 0 aliphatic carbocycles.